The van der Waals surface area contributed by atoms with E-state index in [1.165, 1.54) is 0 Å². The van der Waals surface area contributed by atoms with Crippen LogP contribution in [-0.4, -0.2) is 28.8 Å². The van der Waals surface area contributed by atoms with Crippen molar-refractivity contribution in [2.75, 3.05) is 18.4 Å². The number of carbonyl (C=O) groups excluding carboxylic acids is 1. The minimum absolute atomic E-state index is 0.0118. The lowest BCUT2D eigenvalue weighted by Gasteiger charge is -2.20. The first-order chi connectivity index (χ1) is 10.3. The zero-order chi connectivity index (χ0) is 14.7. The van der Waals surface area contributed by atoms with Gasteiger partial charge in [-0.2, -0.15) is 5.10 Å². The Labute approximate surface area is 124 Å². The number of anilines is 1. The summed E-state index contributed by atoms with van der Waals surface area (Å²) in [5, 5.41) is 10.5. The number of hydrogen-bond acceptors (Lipinski definition) is 3. The van der Waals surface area contributed by atoms with E-state index in [4.69, 9.17) is 0 Å². The average Bonchev–Trinajstić information content (AvgIpc) is 2.92. The fourth-order valence-electron chi connectivity index (χ4n) is 2.77. The van der Waals surface area contributed by atoms with E-state index in [0.717, 1.165) is 48.3 Å². The van der Waals surface area contributed by atoms with Crippen molar-refractivity contribution >= 4 is 11.6 Å². The molecule has 0 fully saturated rings. The SMILES string of the molecule is Cn1nccc1CCNC(=O)c1cccc2c1CCCN2. The molecule has 1 aliphatic rings. The van der Waals surface area contributed by atoms with Gasteiger partial charge in [-0.1, -0.05) is 6.07 Å². The quantitative estimate of drug-likeness (QED) is 0.899. The highest BCUT2D eigenvalue weighted by Crippen LogP contribution is 2.25. The molecule has 2 N–H and O–H groups in total. The Balaban J connectivity index is 1.64. The second-order valence-corrected chi connectivity index (χ2v) is 5.31. The number of benzene rings is 1. The van der Waals surface area contributed by atoms with Crippen LogP contribution in [0.1, 0.15) is 28.0 Å². The maximum absolute atomic E-state index is 12.4. The summed E-state index contributed by atoms with van der Waals surface area (Å²) in [4.78, 5) is 12.4. The van der Waals surface area contributed by atoms with E-state index in [2.05, 4.69) is 15.7 Å². The third-order valence-corrected chi connectivity index (χ3v) is 3.93. The fourth-order valence-corrected chi connectivity index (χ4v) is 2.77. The standard InChI is InChI=1S/C16H20N4O/c1-20-12(8-11-19-20)7-10-18-16(21)14-4-2-6-15-13(14)5-3-9-17-15/h2,4,6,8,11,17H,3,5,7,9-10H2,1H3,(H,18,21). The Bertz CT molecular complexity index is 647. The van der Waals surface area contributed by atoms with Crippen LogP contribution in [0.4, 0.5) is 5.69 Å². The predicted octanol–water partition coefficient (Wildman–Crippen LogP) is 1.75. The molecule has 0 unspecified atom stereocenters. The van der Waals surface area contributed by atoms with Gasteiger partial charge in [0.05, 0.1) is 0 Å². The number of amides is 1. The van der Waals surface area contributed by atoms with E-state index in [0.29, 0.717) is 6.54 Å². The summed E-state index contributed by atoms with van der Waals surface area (Å²) in [5.74, 6) is 0.0118. The number of nitrogens with zero attached hydrogens (tertiary/aromatic N) is 2. The fraction of sp³-hybridized carbons (Fsp3) is 0.375. The molecule has 1 amide bonds. The maximum Gasteiger partial charge on any atom is 0.251 e. The Morgan fingerprint density at radius 2 is 2.33 bits per heavy atom. The van der Waals surface area contributed by atoms with Crippen molar-refractivity contribution in [3.05, 3.63) is 47.3 Å². The Kier molecular flexibility index (Phi) is 3.90. The largest absolute Gasteiger partial charge is 0.385 e. The number of carbonyl (C=O) groups is 1. The predicted molar refractivity (Wildman–Crippen MR) is 82.5 cm³/mol. The molecular weight excluding hydrogens is 264 g/mol. The monoisotopic (exact) mass is 284 g/mol. The van der Waals surface area contributed by atoms with Gasteiger partial charge in [0, 0.05) is 49.7 Å². The molecule has 0 spiro atoms. The van der Waals surface area contributed by atoms with Gasteiger partial charge in [-0.25, -0.2) is 0 Å². The van der Waals surface area contributed by atoms with E-state index in [9.17, 15) is 4.79 Å². The molecule has 5 nitrogen and oxygen atoms in total. The summed E-state index contributed by atoms with van der Waals surface area (Å²) >= 11 is 0. The maximum atomic E-state index is 12.4. The lowest BCUT2D eigenvalue weighted by molar-refractivity contribution is 0.0953. The van der Waals surface area contributed by atoms with Gasteiger partial charge in [0.1, 0.15) is 0 Å². The molecule has 0 atom stereocenters. The second kappa shape index (κ2) is 5.99. The highest BCUT2D eigenvalue weighted by molar-refractivity contribution is 5.97. The van der Waals surface area contributed by atoms with Gasteiger partial charge in [0.2, 0.25) is 0 Å². The van der Waals surface area contributed by atoms with Crippen LogP contribution in [0.3, 0.4) is 0 Å². The number of hydrogen-bond donors (Lipinski definition) is 2. The molecule has 0 bridgehead atoms. The summed E-state index contributed by atoms with van der Waals surface area (Å²) in [5.41, 5.74) is 4.15. The molecule has 0 aliphatic carbocycles. The highest BCUT2D eigenvalue weighted by atomic mass is 16.1. The van der Waals surface area contributed by atoms with E-state index < -0.39 is 0 Å². The number of fused-ring (bicyclic) bond motifs is 1. The lowest BCUT2D eigenvalue weighted by Crippen LogP contribution is -2.28. The van der Waals surface area contributed by atoms with E-state index in [1.807, 2.05) is 36.0 Å². The molecule has 21 heavy (non-hydrogen) atoms. The first-order valence-corrected chi connectivity index (χ1v) is 7.36. The molecule has 5 heteroatoms. The van der Waals surface area contributed by atoms with Crippen LogP contribution >= 0.6 is 0 Å². The average molecular weight is 284 g/mol. The molecule has 2 heterocycles. The summed E-state index contributed by atoms with van der Waals surface area (Å²) in [7, 11) is 1.91. The number of aryl methyl sites for hydroxylation is 1. The Morgan fingerprint density at radius 1 is 1.43 bits per heavy atom. The molecule has 1 aromatic heterocycles. The number of nitrogens with one attached hydrogen (secondary N) is 2. The van der Waals surface area contributed by atoms with Crippen LogP contribution in [0.2, 0.25) is 0 Å². The van der Waals surface area contributed by atoms with Crippen molar-refractivity contribution in [2.24, 2.45) is 7.05 Å². The zero-order valence-corrected chi connectivity index (χ0v) is 12.2. The van der Waals surface area contributed by atoms with E-state index >= 15 is 0 Å². The number of rotatable bonds is 4. The third kappa shape index (κ3) is 2.91. The van der Waals surface area contributed by atoms with Crippen LogP contribution in [0.15, 0.2) is 30.5 Å². The zero-order valence-electron chi connectivity index (χ0n) is 12.2. The molecule has 0 radical (unpaired) electrons. The summed E-state index contributed by atoms with van der Waals surface area (Å²) in [6.45, 7) is 1.61. The highest BCUT2D eigenvalue weighted by Gasteiger charge is 2.16. The van der Waals surface area contributed by atoms with Crippen LogP contribution in [0, 0.1) is 0 Å². The van der Waals surface area contributed by atoms with Crippen LogP contribution in [0.25, 0.3) is 0 Å². The molecule has 2 aromatic rings. The first-order valence-electron chi connectivity index (χ1n) is 7.36. The normalized spacial score (nSPS) is 13.4. The summed E-state index contributed by atoms with van der Waals surface area (Å²) in [6.07, 6.45) is 4.60. The van der Waals surface area contributed by atoms with Gasteiger partial charge in [0.25, 0.3) is 5.91 Å². The van der Waals surface area contributed by atoms with Crippen LogP contribution in [-0.2, 0) is 19.9 Å². The van der Waals surface area contributed by atoms with Gasteiger partial charge in [0.15, 0.2) is 0 Å². The van der Waals surface area contributed by atoms with Crippen molar-refractivity contribution in [3.63, 3.8) is 0 Å². The van der Waals surface area contributed by atoms with E-state index in [-0.39, 0.29) is 5.91 Å². The minimum Gasteiger partial charge on any atom is -0.385 e. The van der Waals surface area contributed by atoms with Crippen molar-refractivity contribution in [1.82, 2.24) is 15.1 Å². The van der Waals surface area contributed by atoms with E-state index in [1.54, 1.807) is 6.20 Å². The molecule has 110 valence electrons. The van der Waals surface area contributed by atoms with Gasteiger partial charge in [-0.3, -0.25) is 9.48 Å². The molecule has 0 saturated carbocycles. The molecular formula is C16H20N4O. The Morgan fingerprint density at radius 3 is 3.14 bits per heavy atom. The van der Waals surface area contributed by atoms with Crippen molar-refractivity contribution in [1.29, 1.82) is 0 Å². The minimum atomic E-state index is 0.0118. The Hall–Kier alpha value is -2.30. The van der Waals surface area contributed by atoms with Crippen LogP contribution in [0.5, 0.6) is 0 Å². The number of aromatic nitrogens is 2. The molecule has 1 aliphatic heterocycles. The van der Waals surface area contributed by atoms with Gasteiger partial charge >= 0.3 is 0 Å². The van der Waals surface area contributed by atoms with Gasteiger partial charge < -0.3 is 10.6 Å². The second-order valence-electron chi connectivity index (χ2n) is 5.31. The molecule has 3 rings (SSSR count). The molecule has 1 aromatic carbocycles. The molecule has 0 saturated heterocycles. The smallest absolute Gasteiger partial charge is 0.251 e. The van der Waals surface area contributed by atoms with Crippen molar-refractivity contribution in [2.45, 2.75) is 19.3 Å². The van der Waals surface area contributed by atoms with Gasteiger partial charge in [-0.15, -0.1) is 0 Å². The van der Waals surface area contributed by atoms with Crippen molar-refractivity contribution in [3.8, 4) is 0 Å². The summed E-state index contributed by atoms with van der Waals surface area (Å²) in [6, 6.07) is 7.86. The first kappa shape index (κ1) is 13.7. The van der Waals surface area contributed by atoms with Crippen molar-refractivity contribution < 1.29 is 4.79 Å². The third-order valence-electron chi connectivity index (χ3n) is 3.93. The topological polar surface area (TPSA) is 59.0 Å². The summed E-state index contributed by atoms with van der Waals surface area (Å²) < 4.78 is 1.83. The van der Waals surface area contributed by atoms with Gasteiger partial charge in [-0.05, 0) is 36.6 Å². The lowest BCUT2D eigenvalue weighted by atomic mass is 9.97. The van der Waals surface area contributed by atoms with Crippen LogP contribution < -0.4 is 10.6 Å².